The van der Waals surface area contributed by atoms with Crippen molar-refractivity contribution >= 4 is 5.91 Å². The van der Waals surface area contributed by atoms with Crippen LogP contribution in [0.4, 0.5) is 0 Å². The molecule has 1 fully saturated rings. The number of rotatable bonds is 6. The zero-order chi connectivity index (χ0) is 13.6. The molecule has 1 atom stereocenters. The molecule has 18 heavy (non-hydrogen) atoms. The molecule has 1 unspecified atom stereocenters. The van der Waals surface area contributed by atoms with E-state index in [1.807, 2.05) is 18.7 Å². The van der Waals surface area contributed by atoms with Crippen LogP contribution in [0.1, 0.15) is 40.5 Å². The van der Waals surface area contributed by atoms with E-state index in [9.17, 15) is 4.79 Å². The van der Waals surface area contributed by atoms with Gasteiger partial charge in [-0.25, -0.2) is 0 Å². The average Bonchev–Trinajstić information content (AvgIpc) is 2.33. The summed E-state index contributed by atoms with van der Waals surface area (Å²) in [6.07, 6.45) is 2.27. The Morgan fingerprint density at radius 2 is 2.17 bits per heavy atom. The molecule has 106 valence electrons. The maximum atomic E-state index is 12.5. The lowest BCUT2D eigenvalue weighted by Gasteiger charge is -2.40. The van der Waals surface area contributed by atoms with E-state index >= 15 is 0 Å². The fraction of sp³-hybridized carbons (Fsp3) is 0.929. The van der Waals surface area contributed by atoms with Gasteiger partial charge in [0.1, 0.15) is 0 Å². The van der Waals surface area contributed by atoms with Crippen LogP contribution < -0.4 is 5.32 Å². The second kappa shape index (κ2) is 7.10. The van der Waals surface area contributed by atoms with Gasteiger partial charge in [-0.2, -0.15) is 0 Å². The predicted molar refractivity (Wildman–Crippen MR) is 73.6 cm³/mol. The smallest absolute Gasteiger partial charge is 0.240 e. The number of carbonyl (C=O) groups excluding carboxylic acids is 1. The van der Waals surface area contributed by atoms with Gasteiger partial charge >= 0.3 is 0 Å². The predicted octanol–water partition coefficient (Wildman–Crippen LogP) is 1.65. The molecular weight excluding hydrogens is 228 g/mol. The maximum Gasteiger partial charge on any atom is 0.240 e. The summed E-state index contributed by atoms with van der Waals surface area (Å²) in [6.45, 7) is 12.1. The molecule has 1 heterocycles. The highest BCUT2D eigenvalue weighted by atomic mass is 16.5. The van der Waals surface area contributed by atoms with E-state index in [1.54, 1.807) is 0 Å². The largest absolute Gasteiger partial charge is 0.380 e. The summed E-state index contributed by atoms with van der Waals surface area (Å²) in [6, 6.07) is -0.0483. The Hall–Kier alpha value is -0.610. The third-order valence-electron chi connectivity index (χ3n) is 3.78. The minimum Gasteiger partial charge on any atom is -0.380 e. The van der Waals surface area contributed by atoms with Gasteiger partial charge in [-0.05, 0) is 38.6 Å². The summed E-state index contributed by atoms with van der Waals surface area (Å²) in [7, 11) is 0. The summed E-state index contributed by atoms with van der Waals surface area (Å²) >= 11 is 0. The first kappa shape index (κ1) is 15.4. The SMILES string of the molecule is CCOCCN(CC)C(=O)C1NCCCC1(C)C. The van der Waals surface area contributed by atoms with Crippen LogP contribution >= 0.6 is 0 Å². The topological polar surface area (TPSA) is 41.6 Å². The molecular formula is C14H28N2O2. The molecule has 0 aromatic heterocycles. The number of hydrogen-bond acceptors (Lipinski definition) is 3. The molecule has 0 aromatic carbocycles. The third kappa shape index (κ3) is 3.95. The van der Waals surface area contributed by atoms with Crippen molar-refractivity contribution in [3.05, 3.63) is 0 Å². The fourth-order valence-electron chi connectivity index (χ4n) is 2.56. The zero-order valence-electron chi connectivity index (χ0n) is 12.3. The standard InChI is InChI=1S/C14H28N2O2/c1-5-16(10-11-18-6-2)13(17)12-14(3,4)8-7-9-15-12/h12,15H,5-11H2,1-4H3. The number of nitrogens with zero attached hydrogens (tertiary/aromatic N) is 1. The van der Waals surface area contributed by atoms with Gasteiger partial charge in [-0.3, -0.25) is 4.79 Å². The number of hydrogen-bond donors (Lipinski definition) is 1. The Bertz CT molecular complexity index is 267. The Balaban J connectivity index is 2.58. The molecule has 1 aliphatic heterocycles. The van der Waals surface area contributed by atoms with Gasteiger partial charge < -0.3 is 15.0 Å². The number of piperidine rings is 1. The number of nitrogens with one attached hydrogen (secondary N) is 1. The first-order valence-electron chi connectivity index (χ1n) is 7.12. The minimum absolute atomic E-state index is 0.0483. The van der Waals surface area contributed by atoms with E-state index in [-0.39, 0.29) is 17.4 Å². The highest BCUT2D eigenvalue weighted by Gasteiger charge is 2.38. The third-order valence-corrected chi connectivity index (χ3v) is 3.78. The molecule has 1 aliphatic rings. The van der Waals surface area contributed by atoms with E-state index in [0.29, 0.717) is 19.8 Å². The lowest BCUT2D eigenvalue weighted by Crippen LogP contribution is -2.57. The Morgan fingerprint density at radius 3 is 2.72 bits per heavy atom. The molecule has 1 rings (SSSR count). The monoisotopic (exact) mass is 256 g/mol. The van der Waals surface area contributed by atoms with Crippen molar-refractivity contribution in [3.8, 4) is 0 Å². The fourth-order valence-corrected chi connectivity index (χ4v) is 2.56. The summed E-state index contributed by atoms with van der Waals surface area (Å²) < 4.78 is 5.34. The van der Waals surface area contributed by atoms with Crippen molar-refractivity contribution in [2.24, 2.45) is 5.41 Å². The lowest BCUT2D eigenvalue weighted by atomic mass is 9.77. The maximum absolute atomic E-state index is 12.5. The molecule has 1 N–H and O–H groups in total. The minimum atomic E-state index is -0.0483. The molecule has 1 amide bonds. The van der Waals surface area contributed by atoms with Gasteiger partial charge in [-0.15, -0.1) is 0 Å². The van der Waals surface area contributed by atoms with Crippen molar-refractivity contribution in [1.29, 1.82) is 0 Å². The average molecular weight is 256 g/mol. The van der Waals surface area contributed by atoms with Crippen LogP contribution in [0.2, 0.25) is 0 Å². The van der Waals surface area contributed by atoms with E-state index < -0.39 is 0 Å². The lowest BCUT2D eigenvalue weighted by molar-refractivity contribution is -0.138. The quantitative estimate of drug-likeness (QED) is 0.735. The first-order chi connectivity index (χ1) is 8.53. The Labute approximate surface area is 111 Å². The second-order valence-electron chi connectivity index (χ2n) is 5.59. The van der Waals surface area contributed by atoms with Crippen molar-refractivity contribution in [1.82, 2.24) is 10.2 Å². The van der Waals surface area contributed by atoms with Gasteiger partial charge in [0.25, 0.3) is 0 Å². The zero-order valence-corrected chi connectivity index (χ0v) is 12.3. The van der Waals surface area contributed by atoms with Crippen molar-refractivity contribution in [2.75, 3.05) is 32.8 Å². The van der Waals surface area contributed by atoms with Crippen LogP contribution in [0.5, 0.6) is 0 Å². The van der Waals surface area contributed by atoms with Crippen molar-refractivity contribution in [2.45, 2.75) is 46.6 Å². The Kier molecular flexibility index (Phi) is 6.09. The van der Waals surface area contributed by atoms with Crippen molar-refractivity contribution < 1.29 is 9.53 Å². The molecule has 1 saturated heterocycles. The molecule has 0 aliphatic carbocycles. The van der Waals surface area contributed by atoms with Crippen LogP contribution in [0.25, 0.3) is 0 Å². The number of likely N-dealkylation sites (N-methyl/N-ethyl adjacent to an activating group) is 1. The van der Waals surface area contributed by atoms with Crippen molar-refractivity contribution in [3.63, 3.8) is 0 Å². The van der Waals surface area contributed by atoms with Crippen LogP contribution in [-0.4, -0.2) is 49.7 Å². The number of ether oxygens (including phenoxy) is 1. The van der Waals surface area contributed by atoms with E-state index in [1.165, 1.54) is 0 Å². The molecule has 0 aromatic rings. The molecule has 4 heteroatoms. The molecule has 0 radical (unpaired) electrons. The van der Waals surface area contributed by atoms with Gasteiger partial charge in [0.05, 0.1) is 12.6 Å². The van der Waals surface area contributed by atoms with Crippen LogP contribution in [0.15, 0.2) is 0 Å². The summed E-state index contributed by atoms with van der Waals surface area (Å²) in [5.74, 6) is 0.224. The summed E-state index contributed by atoms with van der Waals surface area (Å²) in [5.41, 5.74) is 0.0500. The van der Waals surface area contributed by atoms with Gasteiger partial charge in [0, 0.05) is 19.7 Å². The second-order valence-corrected chi connectivity index (χ2v) is 5.59. The summed E-state index contributed by atoms with van der Waals surface area (Å²) in [4.78, 5) is 14.5. The molecule has 0 saturated carbocycles. The Morgan fingerprint density at radius 1 is 1.44 bits per heavy atom. The normalized spacial score (nSPS) is 22.8. The van der Waals surface area contributed by atoms with Gasteiger partial charge in [-0.1, -0.05) is 13.8 Å². The molecule has 4 nitrogen and oxygen atoms in total. The first-order valence-corrected chi connectivity index (χ1v) is 7.12. The van der Waals surface area contributed by atoms with Gasteiger partial charge in [0.15, 0.2) is 0 Å². The highest BCUT2D eigenvalue weighted by molar-refractivity contribution is 5.83. The molecule has 0 bridgehead atoms. The highest BCUT2D eigenvalue weighted by Crippen LogP contribution is 2.31. The molecule has 0 spiro atoms. The van der Waals surface area contributed by atoms with Crippen LogP contribution in [0, 0.1) is 5.41 Å². The van der Waals surface area contributed by atoms with E-state index in [4.69, 9.17) is 4.74 Å². The van der Waals surface area contributed by atoms with E-state index in [2.05, 4.69) is 19.2 Å². The number of carbonyl (C=O) groups is 1. The van der Waals surface area contributed by atoms with E-state index in [0.717, 1.165) is 25.9 Å². The van der Waals surface area contributed by atoms with Crippen LogP contribution in [-0.2, 0) is 9.53 Å². The number of amides is 1. The van der Waals surface area contributed by atoms with Gasteiger partial charge in [0.2, 0.25) is 5.91 Å². The summed E-state index contributed by atoms with van der Waals surface area (Å²) in [5, 5.41) is 3.38. The van der Waals surface area contributed by atoms with Crippen LogP contribution in [0.3, 0.4) is 0 Å².